The van der Waals surface area contributed by atoms with Crippen LogP contribution in [0.15, 0.2) is 82.9 Å². The smallest absolute Gasteiger partial charge is 0.226 e. The molecule has 0 spiro atoms. The Morgan fingerprint density at radius 1 is 1.12 bits per heavy atom. The molecule has 0 aliphatic heterocycles. The van der Waals surface area contributed by atoms with Crippen molar-refractivity contribution in [2.45, 2.75) is 12.3 Å². The summed E-state index contributed by atoms with van der Waals surface area (Å²) in [4.78, 5) is 22.8. The topological polar surface area (TPSA) is 74.2 Å². The normalized spacial score (nSPS) is 12.1. The lowest BCUT2D eigenvalue weighted by Gasteiger charge is -2.20. The number of benzene rings is 2. The molecule has 34 heavy (non-hydrogen) atoms. The molecule has 2 aromatic carbocycles. The Morgan fingerprint density at radius 3 is 2.71 bits per heavy atom. The molecule has 0 saturated heterocycles. The van der Waals surface area contributed by atoms with E-state index in [9.17, 15) is 4.79 Å². The fourth-order valence-electron chi connectivity index (χ4n) is 4.14. The number of thiazole rings is 1. The van der Waals surface area contributed by atoms with E-state index in [4.69, 9.17) is 4.42 Å². The second-order valence-electron chi connectivity index (χ2n) is 8.43. The highest BCUT2D eigenvalue weighted by Crippen LogP contribution is 2.31. The molecule has 1 atom stereocenters. The van der Waals surface area contributed by atoms with Crippen LogP contribution in [0.4, 0.5) is 5.69 Å². The Hall–Kier alpha value is -3.84. The Balaban J connectivity index is 1.35. The highest BCUT2D eigenvalue weighted by atomic mass is 32.1. The van der Waals surface area contributed by atoms with Gasteiger partial charge in [0.2, 0.25) is 5.91 Å². The summed E-state index contributed by atoms with van der Waals surface area (Å²) >= 11 is 1.48. The fourth-order valence-corrected chi connectivity index (χ4v) is 4.92. The number of amides is 1. The summed E-state index contributed by atoms with van der Waals surface area (Å²) in [6.07, 6.45) is 3.91. The van der Waals surface area contributed by atoms with Gasteiger partial charge in [-0.2, -0.15) is 0 Å². The monoisotopic (exact) mass is 470 g/mol. The highest BCUT2D eigenvalue weighted by Gasteiger charge is 2.20. The number of aromatic nitrogens is 2. The summed E-state index contributed by atoms with van der Waals surface area (Å²) in [5, 5.41) is 7.00. The van der Waals surface area contributed by atoms with Crippen molar-refractivity contribution in [2.75, 3.05) is 25.5 Å². The molecule has 3 aromatic heterocycles. The van der Waals surface area contributed by atoms with Gasteiger partial charge in [-0.3, -0.25) is 4.79 Å². The van der Waals surface area contributed by atoms with Crippen molar-refractivity contribution in [2.24, 2.45) is 0 Å². The molecule has 5 rings (SSSR count). The zero-order valence-corrected chi connectivity index (χ0v) is 19.9. The van der Waals surface area contributed by atoms with Crippen molar-refractivity contribution < 1.29 is 9.21 Å². The third kappa shape index (κ3) is 4.61. The Morgan fingerprint density at radius 2 is 1.94 bits per heavy atom. The van der Waals surface area contributed by atoms with E-state index in [0.29, 0.717) is 6.54 Å². The first-order valence-corrected chi connectivity index (χ1v) is 12.0. The maximum atomic E-state index is 12.8. The van der Waals surface area contributed by atoms with Gasteiger partial charge >= 0.3 is 0 Å². The number of anilines is 1. The molecule has 1 unspecified atom stereocenters. The van der Waals surface area contributed by atoms with Crippen molar-refractivity contribution in [1.82, 2.24) is 15.3 Å². The van der Waals surface area contributed by atoms with Crippen molar-refractivity contribution in [3.8, 4) is 10.8 Å². The summed E-state index contributed by atoms with van der Waals surface area (Å²) < 4.78 is 5.41. The SMILES string of the molecule is CN(C)c1ccc(C(CNC(=O)Cc2csc(-c3ccco3)n2)c2c[nH]c3ccccc23)cc1. The first-order chi connectivity index (χ1) is 16.6. The quantitative estimate of drug-likeness (QED) is 0.317. The van der Waals surface area contributed by atoms with E-state index in [2.05, 4.69) is 62.8 Å². The molecule has 0 saturated carbocycles. The summed E-state index contributed by atoms with van der Waals surface area (Å²) in [7, 11) is 4.06. The highest BCUT2D eigenvalue weighted by molar-refractivity contribution is 7.13. The molecular formula is C27H26N4O2S. The summed E-state index contributed by atoms with van der Waals surface area (Å²) in [6, 6.07) is 20.5. The van der Waals surface area contributed by atoms with E-state index < -0.39 is 0 Å². The van der Waals surface area contributed by atoms with Crippen LogP contribution in [0, 0.1) is 0 Å². The average molecular weight is 471 g/mol. The summed E-state index contributed by atoms with van der Waals surface area (Å²) in [5.41, 5.74) is 5.30. The third-order valence-electron chi connectivity index (χ3n) is 5.94. The van der Waals surface area contributed by atoms with E-state index in [1.165, 1.54) is 22.3 Å². The number of aromatic amines is 1. The number of H-pyrrole nitrogens is 1. The summed E-state index contributed by atoms with van der Waals surface area (Å²) in [6.45, 7) is 0.497. The fraction of sp³-hybridized carbons (Fsp3) is 0.185. The van der Waals surface area contributed by atoms with Gasteiger partial charge in [0.1, 0.15) is 0 Å². The van der Waals surface area contributed by atoms with Gasteiger partial charge in [-0.15, -0.1) is 11.3 Å². The number of para-hydroxylation sites is 1. The molecule has 1 amide bonds. The van der Waals surface area contributed by atoms with E-state index in [-0.39, 0.29) is 18.2 Å². The Kier molecular flexibility index (Phi) is 6.18. The van der Waals surface area contributed by atoms with Gasteiger partial charge < -0.3 is 19.6 Å². The number of fused-ring (bicyclic) bond motifs is 1. The molecule has 0 radical (unpaired) electrons. The van der Waals surface area contributed by atoms with Gasteiger partial charge in [0, 0.05) is 54.7 Å². The minimum Gasteiger partial charge on any atom is -0.462 e. The van der Waals surface area contributed by atoms with E-state index >= 15 is 0 Å². The number of rotatable bonds is 8. The first kappa shape index (κ1) is 22.0. The largest absolute Gasteiger partial charge is 0.462 e. The van der Waals surface area contributed by atoms with E-state index in [1.54, 1.807) is 6.26 Å². The molecule has 172 valence electrons. The lowest BCUT2D eigenvalue weighted by atomic mass is 9.90. The maximum absolute atomic E-state index is 12.8. The standard InChI is InChI=1S/C27H26N4O2S/c1-31(2)20-11-9-18(10-12-20)22(23-16-28-24-7-4-3-6-21(23)24)15-29-26(32)14-19-17-34-27(30-19)25-8-5-13-33-25/h3-13,16-17,22,28H,14-15H2,1-2H3,(H,29,32). The van der Waals surface area contributed by atoms with Gasteiger partial charge in [-0.05, 0) is 41.5 Å². The number of hydrogen-bond donors (Lipinski definition) is 2. The minimum absolute atomic E-state index is 0.0189. The number of carbonyl (C=O) groups excluding carboxylic acids is 1. The molecule has 0 fully saturated rings. The third-order valence-corrected chi connectivity index (χ3v) is 6.84. The van der Waals surface area contributed by atoms with Crippen molar-refractivity contribution in [1.29, 1.82) is 0 Å². The second kappa shape index (κ2) is 9.57. The average Bonchev–Trinajstić information content (AvgIpc) is 3.61. The molecule has 0 aliphatic rings. The predicted octanol–water partition coefficient (Wildman–Crippen LogP) is 5.44. The first-order valence-electron chi connectivity index (χ1n) is 11.2. The van der Waals surface area contributed by atoms with Gasteiger partial charge in [-0.1, -0.05) is 30.3 Å². The van der Waals surface area contributed by atoms with Crippen molar-refractivity contribution >= 4 is 33.8 Å². The van der Waals surface area contributed by atoms with E-state index in [0.717, 1.165) is 33.2 Å². The summed E-state index contributed by atoms with van der Waals surface area (Å²) in [5.74, 6) is 0.689. The predicted molar refractivity (Wildman–Crippen MR) is 137 cm³/mol. The molecule has 0 bridgehead atoms. The molecule has 2 N–H and O–H groups in total. The van der Waals surface area contributed by atoms with Gasteiger partial charge in [0.15, 0.2) is 10.8 Å². The van der Waals surface area contributed by atoms with Crippen LogP contribution in [-0.4, -0.2) is 36.5 Å². The molecular weight excluding hydrogens is 444 g/mol. The van der Waals surface area contributed by atoms with Crippen LogP contribution in [0.2, 0.25) is 0 Å². The zero-order chi connectivity index (χ0) is 23.5. The van der Waals surface area contributed by atoms with Crippen molar-refractivity contribution in [3.05, 3.63) is 95.3 Å². The van der Waals surface area contributed by atoms with Crippen LogP contribution >= 0.6 is 11.3 Å². The van der Waals surface area contributed by atoms with Gasteiger partial charge in [0.25, 0.3) is 0 Å². The van der Waals surface area contributed by atoms with Crippen molar-refractivity contribution in [3.63, 3.8) is 0 Å². The lowest BCUT2D eigenvalue weighted by Crippen LogP contribution is -2.30. The van der Waals surface area contributed by atoms with Crippen LogP contribution in [0.1, 0.15) is 22.7 Å². The Labute approximate surface area is 202 Å². The van der Waals surface area contributed by atoms with Crippen LogP contribution in [-0.2, 0) is 11.2 Å². The molecule has 7 heteroatoms. The second-order valence-corrected chi connectivity index (χ2v) is 9.29. The number of furan rings is 1. The minimum atomic E-state index is -0.0500. The maximum Gasteiger partial charge on any atom is 0.226 e. The van der Waals surface area contributed by atoms with Crippen LogP contribution in [0.3, 0.4) is 0 Å². The molecule has 3 heterocycles. The number of hydrogen-bond acceptors (Lipinski definition) is 5. The molecule has 5 aromatic rings. The van der Waals surface area contributed by atoms with Gasteiger partial charge in [-0.25, -0.2) is 4.98 Å². The molecule has 6 nitrogen and oxygen atoms in total. The number of nitrogens with zero attached hydrogens (tertiary/aromatic N) is 2. The Bertz CT molecular complexity index is 1380. The lowest BCUT2D eigenvalue weighted by molar-refractivity contribution is -0.120. The number of carbonyl (C=O) groups is 1. The van der Waals surface area contributed by atoms with Crippen LogP contribution in [0.25, 0.3) is 21.7 Å². The van der Waals surface area contributed by atoms with Crippen LogP contribution < -0.4 is 10.2 Å². The van der Waals surface area contributed by atoms with E-state index in [1.807, 2.05) is 43.7 Å². The number of nitrogens with one attached hydrogen (secondary N) is 2. The van der Waals surface area contributed by atoms with Crippen LogP contribution in [0.5, 0.6) is 0 Å². The van der Waals surface area contributed by atoms with Gasteiger partial charge in [0.05, 0.1) is 18.4 Å². The zero-order valence-electron chi connectivity index (χ0n) is 19.1. The molecule has 0 aliphatic carbocycles.